The highest BCUT2D eigenvalue weighted by Gasteiger charge is 2.03. The van der Waals surface area contributed by atoms with E-state index in [2.05, 4.69) is 11.8 Å². The van der Waals surface area contributed by atoms with Gasteiger partial charge in [0.05, 0.1) is 6.61 Å². The van der Waals surface area contributed by atoms with Crippen LogP contribution in [-0.4, -0.2) is 29.7 Å². The molecule has 0 radical (unpaired) electrons. The molecule has 1 N–H and O–H groups in total. The van der Waals surface area contributed by atoms with E-state index in [0.717, 1.165) is 25.1 Å². The van der Waals surface area contributed by atoms with Gasteiger partial charge in [-0.2, -0.15) is 0 Å². The van der Waals surface area contributed by atoms with Crippen LogP contribution in [0.3, 0.4) is 0 Å². The smallest absolute Gasteiger partial charge is 0.123 e. The van der Waals surface area contributed by atoms with Gasteiger partial charge in [-0.1, -0.05) is 19.1 Å². The lowest BCUT2D eigenvalue weighted by Crippen LogP contribution is -2.27. The first-order valence-electron chi connectivity index (χ1n) is 5.34. The Labute approximate surface area is 90.3 Å². The number of halogens is 1. The van der Waals surface area contributed by atoms with Crippen LogP contribution in [0.5, 0.6) is 0 Å². The molecule has 0 bridgehead atoms. The van der Waals surface area contributed by atoms with Crippen LogP contribution in [0, 0.1) is 5.82 Å². The first-order valence-corrected chi connectivity index (χ1v) is 5.34. The van der Waals surface area contributed by atoms with Gasteiger partial charge in [0.25, 0.3) is 0 Å². The maximum absolute atomic E-state index is 12.7. The zero-order chi connectivity index (χ0) is 11.1. The second kappa shape index (κ2) is 6.53. The fraction of sp³-hybridized carbons (Fsp3) is 0.500. The van der Waals surface area contributed by atoms with E-state index in [0.29, 0.717) is 6.54 Å². The Morgan fingerprint density at radius 3 is 2.40 bits per heavy atom. The summed E-state index contributed by atoms with van der Waals surface area (Å²) < 4.78 is 12.7. The highest BCUT2D eigenvalue weighted by Crippen LogP contribution is 2.06. The van der Waals surface area contributed by atoms with Crippen molar-refractivity contribution in [2.45, 2.75) is 19.9 Å². The van der Waals surface area contributed by atoms with Crippen molar-refractivity contribution in [1.29, 1.82) is 0 Å². The molecule has 0 aliphatic rings. The molecule has 0 saturated heterocycles. The zero-order valence-corrected chi connectivity index (χ0v) is 9.12. The van der Waals surface area contributed by atoms with Gasteiger partial charge >= 0.3 is 0 Å². The number of benzene rings is 1. The van der Waals surface area contributed by atoms with Crippen LogP contribution in [0.1, 0.15) is 18.9 Å². The van der Waals surface area contributed by atoms with E-state index in [-0.39, 0.29) is 12.4 Å². The van der Waals surface area contributed by atoms with Gasteiger partial charge in [-0.3, -0.25) is 4.90 Å². The lowest BCUT2D eigenvalue weighted by Gasteiger charge is -2.20. The average Bonchev–Trinajstić information content (AvgIpc) is 2.22. The monoisotopic (exact) mass is 211 g/mol. The number of aliphatic hydroxyl groups is 1. The summed E-state index contributed by atoms with van der Waals surface area (Å²) in [6.45, 7) is 4.67. The third-order valence-corrected chi connectivity index (χ3v) is 2.28. The van der Waals surface area contributed by atoms with Crippen LogP contribution >= 0.6 is 0 Å². The number of nitrogens with zero attached hydrogens (tertiary/aromatic N) is 1. The van der Waals surface area contributed by atoms with Gasteiger partial charge in [0, 0.05) is 13.1 Å². The van der Waals surface area contributed by atoms with Gasteiger partial charge < -0.3 is 5.11 Å². The van der Waals surface area contributed by atoms with Crippen molar-refractivity contribution in [3.63, 3.8) is 0 Å². The number of aliphatic hydroxyl groups excluding tert-OH is 1. The lowest BCUT2D eigenvalue weighted by molar-refractivity contribution is 0.190. The Morgan fingerprint density at radius 1 is 1.20 bits per heavy atom. The van der Waals surface area contributed by atoms with Gasteiger partial charge in [-0.25, -0.2) is 4.39 Å². The van der Waals surface area contributed by atoms with E-state index in [1.807, 2.05) is 0 Å². The standard InChI is InChI=1S/C12H18FNO/c1-2-7-14(8-9-15)10-11-3-5-12(13)6-4-11/h3-6,15H,2,7-10H2,1H3. The molecule has 1 aromatic rings. The molecule has 2 nitrogen and oxygen atoms in total. The van der Waals surface area contributed by atoms with Crippen LogP contribution in [0.25, 0.3) is 0 Å². The minimum Gasteiger partial charge on any atom is -0.395 e. The Kier molecular flexibility index (Phi) is 5.29. The summed E-state index contributed by atoms with van der Waals surface area (Å²) in [5, 5.41) is 8.88. The van der Waals surface area contributed by atoms with E-state index in [1.54, 1.807) is 12.1 Å². The van der Waals surface area contributed by atoms with Crippen molar-refractivity contribution in [2.75, 3.05) is 19.7 Å². The summed E-state index contributed by atoms with van der Waals surface area (Å²) in [5.41, 5.74) is 1.08. The molecular formula is C12H18FNO. The first-order chi connectivity index (χ1) is 7.26. The quantitative estimate of drug-likeness (QED) is 0.778. The van der Waals surface area contributed by atoms with Crippen molar-refractivity contribution in [3.8, 4) is 0 Å². The zero-order valence-electron chi connectivity index (χ0n) is 9.12. The van der Waals surface area contributed by atoms with Crippen molar-refractivity contribution in [1.82, 2.24) is 4.90 Å². The summed E-state index contributed by atoms with van der Waals surface area (Å²) in [4.78, 5) is 2.16. The summed E-state index contributed by atoms with van der Waals surface area (Å²) in [5.74, 6) is -0.206. The van der Waals surface area contributed by atoms with Crippen LogP contribution in [0.2, 0.25) is 0 Å². The van der Waals surface area contributed by atoms with Crippen LogP contribution in [0.15, 0.2) is 24.3 Å². The molecule has 1 aromatic carbocycles. The largest absolute Gasteiger partial charge is 0.395 e. The second-order valence-electron chi connectivity index (χ2n) is 3.63. The highest BCUT2D eigenvalue weighted by molar-refractivity contribution is 5.15. The predicted octanol–water partition coefficient (Wildman–Crippen LogP) is 2.03. The molecule has 0 saturated carbocycles. The van der Waals surface area contributed by atoms with Gasteiger partial charge in [-0.05, 0) is 30.7 Å². The predicted molar refractivity (Wildman–Crippen MR) is 59.1 cm³/mol. The molecule has 0 unspecified atom stereocenters. The topological polar surface area (TPSA) is 23.5 Å². The van der Waals surface area contributed by atoms with Crippen LogP contribution < -0.4 is 0 Å². The van der Waals surface area contributed by atoms with Crippen LogP contribution in [-0.2, 0) is 6.54 Å². The van der Waals surface area contributed by atoms with Crippen molar-refractivity contribution >= 4 is 0 Å². The molecule has 1 rings (SSSR count). The van der Waals surface area contributed by atoms with E-state index in [1.165, 1.54) is 12.1 Å². The Hall–Kier alpha value is -0.930. The van der Waals surface area contributed by atoms with E-state index >= 15 is 0 Å². The SMILES string of the molecule is CCCN(CCO)Cc1ccc(F)cc1. The maximum Gasteiger partial charge on any atom is 0.123 e. The molecule has 0 fully saturated rings. The fourth-order valence-corrected chi connectivity index (χ4v) is 1.58. The van der Waals surface area contributed by atoms with E-state index < -0.39 is 0 Å². The summed E-state index contributed by atoms with van der Waals surface area (Å²) >= 11 is 0. The molecule has 0 aromatic heterocycles. The molecule has 0 spiro atoms. The van der Waals surface area contributed by atoms with Crippen molar-refractivity contribution in [3.05, 3.63) is 35.6 Å². The summed E-state index contributed by atoms with van der Waals surface area (Å²) in [6, 6.07) is 6.52. The van der Waals surface area contributed by atoms with Crippen molar-refractivity contribution in [2.24, 2.45) is 0 Å². The third kappa shape index (κ3) is 4.40. The Bertz CT molecular complexity index is 267. The lowest BCUT2D eigenvalue weighted by atomic mass is 10.2. The molecule has 3 heteroatoms. The van der Waals surface area contributed by atoms with Crippen LogP contribution in [0.4, 0.5) is 4.39 Å². The maximum atomic E-state index is 12.7. The van der Waals surface area contributed by atoms with E-state index in [9.17, 15) is 4.39 Å². The molecular weight excluding hydrogens is 193 g/mol. The minimum absolute atomic E-state index is 0.168. The highest BCUT2D eigenvalue weighted by atomic mass is 19.1. The minimum atomic E-state index is -0.206. The number of rotatable bonds is 6. The molecule has 0 amide bonds. The van der Waals surface area contributed by atoms with Gasteiger partial charge in [0.1, 0.15) is 5.82 Å². The Morgan fingerprint density at radius 2 is 1.87 bits per heavy atom. The van der Waals surface area contributed by atoms with Crippen molar-refractivity contribution < 1.29 is 9.50 Å². The summed E-state index contributed by atoms with van der Waals surface area (Å²) in [6.07, 6.45) is 1.06. The Balaban J connectivity index is 2.53. The first kappa shape index (κ1) is 12.1. The van der Waals surface area contributed by atoms with Gasteiger partial charge in [0.15, 0.2) is 0 Å². The molecule has 0 aliphatic heterocycles. The fourth-order valence-electron chi connectivity index (χ4n) is 1.58. The molecule has 0 aliphatic carbocycles. The number of hydrogen-bond donors (Lipinski definition) is 1. The van der Waals surface area contributed by atoms with Gasteiger partial charge in [-0.15, -0.1) is 0 Å². The number of hydrogen-bond acceptors (Lipinski definition) is 2. The molecule has 84 valence electrons. The normalized spacial score (nSPS) is 10.9. The summed E-state index contributed by atoms with van der Waals surface area (Å²) in [7, 11) is 0. The molecule has 0 heterocycles. The average molecular weight is 211 g/mol. The molecule has 15 heavy (non-hydrogen) atoms. The third-order valence-electron chi connectivity index (χ3n) is 2.28. The van der Waals surface area contributed by atoms with E-state index in [4.69, 9.17) is 5.11 Å². The second-order valence-corrected chi connectivity index (χ2v) is 3.63. The van der Waals surface area contributed by atoms with Gasteiger partial charge in [0.2, 0.25) is 0 Å². The molecule has 0 atom stereocenters.